The molecule has 1 heterocycles. The van der Waals surface area contributed by atoms with Gasteiger partial charge in [-0.15, -0.1) is 0 Å². The molecule has 1 fully saturated rings. The van der Waals surface area contributed by atoms with Gasteiger partial charge in [0.2, 0.25) is 5.91 Å². The number of hydrogen-bond donors (Lipinski definition) is 1. The van der Waals surface area contributed by atoms with Gasteiger partial charge < -0.3 is 15.0 Å². The molecule has 2 aromatic carbocycles. The minimum atomic E-state index is -0.623. The zero-order chi connectivity index (χ0) is 21.8. The molecule has 30 heavy (non-hydrogen) atoms. The Morgan fingerprint density at radius 2 is 1.33 bits per heavy atom. The molecule has 2 aromatic rings. The molecule has 0 unspecified atom stereocenters. The second kappa shape index (κ2) is 8.90. The smallest absolute Gasteiger partial charge is 0.410 e. The standard InChI is InChI=1S/C25H32N2O3/c1-24(2,3)30-23(29)27-17-15-19(16-18-27)22(28)26-25(4,20-11-7-5-8-12-20)21-13-9-6-10-14-21/h5-14,19H,15-18H2,1-4H3,(H,26,28). The van der Waals surface area contributed by atoms with Crippen LogP contribution in [-0.4, -0.2) is 35.6 Å². The second-order valence-corrected chi connectivity index (χ2v) is 9.09. The third-order valence-corrected chi connectivity index (χ3v) is 5.59. The van der Waals surface area contributed by atoms with Crippen molar-refractivity contribution in [2.75, 3.05) is 13.1 Å². The number of benzene rings is 2. The van der Waals surface area contributed by atoms with E-state index in [4.69, 9.17) is 4.74 Å². The number of nitrogens with one attached hydrogen (secondary N) is 1. The molecule has 0 saturated carbocycles. The zero-order valence-electron chi connectivity index (χ0n) is 18.4. The summed E-state index contributed by atoms with van der Waals surface area (Å²) in [5.74, 6) is -0.107. The monoisotopic (exact) mass is 408 g/mol. The lowest BCUT2D eigenvalue weighted by Crippen LogP contribution is -2.50. The first-order valence-corrected chi connectivity index (χ1v) is 10.6. The number of carbonyl (C=O) groups is 2. The van der Waals surface area contributed by atoms with Crippen molar-refractivity contribution in [1.29, 1.82) is 0 Å². The summed E-state index contributed by atoms with van der Waals surface area (Å²) in [6.07, 6.45) is 0.954. The maximum atomic E-state index is 13.2. The van der Waals surface area contributed by atoms with Crippen LogP contribution in [0.4, 0.5) is 4.79 Å². The third kappa shape index (κ3) is 5.21. The van der Waals surface area contributed by atoms with Crippen LogP contribution in [-0.2, 0) is 15.1 Å². The van der Waals surface area contributed by atoms with Gasteiger partial charge in [0, 0.05) is 19.0 Å². The van der Waals surface area contributed by atoms with Crippen LogP contribution in [0, 0.1) is 5.92 Å². The van der Waals surface area contributed by atoms with Crippen molar-refractivity contribution in [2.45, 2.75) is 51.7 Å². The van der Waals surface area contributed by atoms with Crippen LogP contribution in [0.15, 0.2) is 60.7 Å². The Labute approximate surface area is 179 Å². The van der Waals surface area contributed by atoms with Crippen molar-refractivity contribution in [3.05, 3.63) is 71.8 Å². The summed E-state index contributed by atoms with van der Waals surface area (Å²) in [6, 6.07) is 20.1. The average Bonchev–Trinajstić information content (AvgIpc) is 2.74. The van der Waals surface area contributed by atoms with Crippen molar-refractivity contribution in [3.63, 3.8) is 0 Å². The molecule has 0 atom stereocenters. The highest BCUT2D eigenvalue weighted by atomic mass is 16.6. The topological polar surface area (TPSA) is 58.6 Å². The van der Waals surface area contributed by atoms with Gasteiger partial charge in [0.05, 0.1) is 5.54 Å². The predicted molar refractivity (Wildman–Crippen MR) is 118 cm³/mol. The molecule has 160 valence electrons. The molecule has 1 aliphatic rings. The molecule has 1 aliphatic heterocycles. The Balaban J connectivity index is 1.70. The van der Waals surface area contributed by atoms with Gasteiger partial charge in [-0.3, -0.25) is 4.79 Å². The molecule has 0 bridgehead atoms. The molecule has 0 aromatic heterocycles. The summed E-state index contributed by atoms with van der Waals surface area (Å²) >= 11 is 0. The maximum absolute atomic E-state index is 13.2. The van der Waals surface area contributed by atoms with E-state index in [1.165, 1.54) is 0 Å². The number of amides is 2. The molecular weight excluding hydrogens is 376 g/mol. The zero-order valence-corrected chi connectivity index (χ0v) is 18.4. The summed E-state index contributed by atoms with van der Waals surface area (Å²) in [5, 5.41) is 3.30. The van der Waals surface area contributed by atoms with Crippen LogP contribution in [0.2, 0.25) is 0 Å². The number of hydrogen-bond acceptors (Lipinski definition) is 3. The highest BCUT2D eigenvalue weighted by Gasteiger charge is 2.35. The Kier molecular flexibility index (Phi) is 6.49. The number of rotatable bonds is 4. The minimum absolute atomic E-state index is 0.0223. The number of carbonyl (C=O) groups excluding carboxylic acids is 2. The van der Waals surface area contributed by atoms with Gasteiger partial charge in [0.1, 0.15) is 5.60 Å². The van der Waals surface area contributed by atoms with Crippen molar-refractivity contribution in [2.24, 2.45) is 5.92 Å². The van der Waals surface area contributed by atoms with E-state index < -0.39 is 11.1 Å². The van der Waals surface area contributed by atoms with Crippen molar-refractivity contribution in [1.82, 2.24) is 10.2 Å². The fourth-order valence-corrected chi connectivity index (χ4v) is 3.85. The van der Waals surface area contributed by atoms with E-state index in [0.717, 1.165) is 11.1 Å². The van der Waals surface area contributed by atoms with Crippen molar-refractivity contribution in [3.8, 4) is 0 Å². The Morgan fingerprint density at radius 3 is 1.77 bits per heavy atom. The van der Waals surface area contributed by atoms with E-state index in [0.29, 0.717) is 25.9 Å². The molecule has 3 rings (SSSR count). The largest absolute Gasteiger partial charge is 0.444 e. The number of likely N-dealkylation sites (tertiary alicyclic amines) is 1. The normalized spacial score (nSPS) is 15.5. The molecule has 0 aliphatic carbocycles. The molecule has 1 saturated heterocycles. The van der Waals surface area contributed by atoms with E-state index in [2.05, 4.69) is 5.32 Å². The molecule has 5 heteroatoms. The highest BCUT2D eigenvalue weighted by Crippen LogP contribution is 2.30. The lowest BCUT2D eigenvalue weighted by molar-refractivity contribution is -0.128. The molecule has 0 radical (unpaired) electrons. The molecule has 5 nitrogen and oxygen atoms in total. The van der Waals surface area contributed by atoms with Crippen LogP contribution in [0.25, 0.3) is 0 Å². The van der Waals surface area contributed by atoms with E-state index in [-0.39, 0.29) is 17.9 Å². The highest BCUT2D eigenvalue weighted by molar-refractivity contribution is 5.81. The lowest BCUT2D eigenvalue weighted by atomic mass is 9.83. The Bertz CT molecular complexity index is 811. The van der Waals surface area contributed by atoms with E-state index in [1.54, 1.807) is 4.90 Å². The summed E-state index contributed by atoms with van der Waals surface area (Å²) in [7, 11) is 0. The van der Waals surface area contributed by atoms with E-state index in [9.17, 15) is 9.59 Å². The maximum Gasteiger partial charge on any atom is 0.410 e. The van der Waals surface area contributed by atoms with Crippen LogP contribution >= 0.6 is 0 Å². The quantitative estimate of drug-likeness (QED) is 0.797. The molecular formula is C25H32N2O3. The van der Waals surface area contributed by atoms with Gasteiger partial charge in [-0.25, -0.2) is 4.79 Å². The molecule has 2 amide bonds. The summed E-state index contributed by atoms with van der Waals surface area (Å²) < 4.78 is 5.46. The number of ether oxygens (including phenoxy) is 1. The van der Waals surface area contributed by atoms with Crippen molar-refractivity contribution < 1.29 is 14.3 Å². The molecule has 0 spiro atoms. The van der Waals surface area contributed by atoms with Crippen molar-refractivity contribution >= 4 is 12.0 Å². The fraction of sp³-hybridized carbons (Fsp3) is 0.440. The summed E-state index contributed by atoms with van der Waals surface area (Å²) in [5.41, 5.74) is 0.937. The SMILES string of the molecule is CC(C)(C)OC(=O)N1CCC(C(=O)NC(C)(c2ccccc2)c2ccccc2)CC1. The predicted octanol–water partition coefficient (Wildman–Crippen LogP) is 4.71. The second-order valence-electron chi connectivity index (χ2n) is 9.09. The first kappa shape index (κ1) is 21.9. The van der Waals surface area contributed by atoms with Crippen LogP contribution in [0.5, 0.6) is 0 Å². The summed E-state index contributed by atoms with van der Waals surface area (Å²) in [4.78, 5) is 27.2. The van der Waals surface area contributed by atoms with Gasteiger partial charge >= 0.3 is 6.09 Å². The van der Waals surface area contributed by atoms with Gasteiger partial charge in [-0.05, 0) is 51.7 Å². The molecule has 1 N–H and O–H groups in total. The van der Waals surface area contributed by atoms with E-state index >= 15 is 0 Å². The van der Waals surface area contributed by atoms with Crippen LogP contribution in [0.3, 0.4) is 0 Å². The minimum Gasteiger partial charge on any atom is -0.444 e. The first-order valence-electron chi connectivity index (χ1n) is 10.6. The van der Waals surface area contributed by atoms with Gasteiger partial charge in [0.15, 0.2) is 0 Å². The average molecular weight is 409 g/mol. The van der Waals surface area contributed by atoms with Gasteiger partial charge in [0.25, 0.3) is 0 Å². The Hall–Kier alpha value is -2.82. The van der Waals surface area contributed by atoms with Gasteiger partial charge in [-0.1, -0.05) is 60.7 Å². The van der Waals surface area contributed by atoms with Gasteiger partial charge in [-0.2, -0.15) is 0 Å². The van der Waals surface area contributed by atoms with E-state index in [1.807, 2.05) is 88.4 Å². The number of nitrogens with zero attached hydrogens (tertiary/aromatic N) is 1. The van der Waals surface area contributed by atoms with Crippen LogP contribution < -0.4 is 5.32 Å². The fourth-order valence-electron chi connectivity index (χ4n) is 3.85. The van der Waals surface area contributed by atoms with Crippen LogP contribution in [0.1, 0.15) is 51.7 Å². The lowest BCUT2D eigenvalue weighted by Gasteiger charge is -2.36. The number of piperidine rings is 1. The summed E-state index contributed by atoms with van der Waals surface area (Å²) in [6.45, 7) is 8.68. The Morgan fingerprint density at radius 1 is 0.867 bits per heavy atom. The first-order chi connectivity index (χ1) is 14.2. The third-order valence-electron chi connectivity index (χ3n) is 5.59.